The van der Waals surface area contributed by atoms with Crippen LogP contribution in [-0.4, -0.2) is 16.9 Å². The fourth-order valence-electron chi connectivity index (χ4n) is 4.11. The van der Waals surface area contributed by atoms with Crippen molar-refractivity contribution in [3.8, 4) is 6.07 Å². The van der Waals surface area contributed by atoms with E-state index >= 15 is 0 Å². The molecule has 0 aliphatic carbocycles. The van der Waals surface area contributed by atoms with Crippen LogP contribution in [0.2, 0.25) is 0 Å². The predicted octanol–water partition coefficient (Wildman–Crippen LogP) is 5.47. The molecule has 2 heterocycles. The van der Waals surface area contributed by atoms with E-state index < -0.39 is 12.0 Å². The zero-order valence-corrected chi connectivity index (χ0v) is 16.1. The second-order valence-corrected chi connectivity index (χ2v) is 7.26. The lowest BCUT2D eigenvalue weighted by Crippen LogP contribution is -2.27. The van der Waals surface area contributed by atoms with Crippen LogP contribution in [0, 0.1) is 11.3 Å². The molecule has 0 fully saturated rings. The van der Waals surface area contributed by atoms with E-state index in [4.69, 9.17) is 4.74 Å². The number of para-hydroxylation sites is 1. The van der Waals surface area contributed by atoms with Gasteiger partial charge >= 0.3 is 0 Å². The first-order valence-electron chi connectivity index (χ1n) is 9.79. The Bertz CT molecular complexity index is 1300. The third kappa shape index (κ3) is 2.89. The molecule has 1 N–H and O–H groups in total. The minimum atomic E-state index is -0.798. The molecular weight excluding hydrogens is 372 g/mol. The predicted molar refractivity (Wildman–Crippen MR) is 116 cm³/mol. The minimum absolute atomic E-state index is 0.132. The van der Waals surface area contributed by atoms with Gasteiger partial charge in [-0.15, -0.1) is 0 Å². The van der Waals surface area contributed by atoms with Gasteiger partial charge in [0, 0.05) is 28.2 Å². The van der Waals surface area contributed by atoms with Crippen LogP contribution < -0.4 is 0 Å². The highest BCUT2D eigenvalue weighted by Crippen LogP contribution is 2.45. The summed E-state index contributed by atoms with van der Waals surface area (Å²) in [5.41, 5.74) is 3.68. The number of H-pyrrole nitrogens is 1. The van der Waals surface area contributed by atoms with Gasteiger partial charge in [0.15, 0.2) is 6.10 Å². The van der Waals surface area contributed by atoms with Gasteiger partial charge in [-0.05, 0) is 11.6 Å². The summed E-state index contributed by atoms with van der Waals surface area (Å²) < 4.78 is 6.29. The quantitative estimate of drug-likeness (QED) is 0.470. The molecule has 4 aromatic rings. The normalized spacial score (nSPS) is 18.2. The van der Waals surface area contributed by atoms with Crippen LogP contribution in [0.3, 0.4) is 0 Å². The summed E-state index contributed by atoms with van der Waals surface area (Å²) in [5, 5.41) is 11.1. The van der Waals surface area contributed by atoms with E-state index in [0.29, 0.717) is 16.9 Å². The Morgan fingerprint density at radius 3 is 2.30 bits per heavy atom. The lowest BCUT2D eigenvalue weighted by Gasteiger charge is -2.19. The Morgan fingerprint density at radius 2 is 1.57 bits per heavy atom. The Balaban J connectivity index is 1.67. The van der Waals surface area contributed by atoms with E-state index in [9.17, 15) is 10.1 Å². The van der Waals surface area contributed by atoms with Gasteiger partial charge in [0.2, 0.25) is 5.78 Å². The molecule has 0 amide bonds. The number of nitrogens with one attached hydrogen (secondary N) is 1. The van der Waals surface area contributed by atoms with Crippen LogP contribution in [-0.2, 0) is 4.74 Å². The molecule has 0 saturated carbocycles. The van der Waals surface area contributed by atoms with E-state index in [1.54, 1.807) is 12.1 Å². The van der Waals surface area contributed by atoms with Crippen molar-refractivity contribution in [3.05, 3.63) is 113 Å². The molecule has 144 valence electrons. The summed E-state index contributed by atoms with van der Waals surface area (Å²) in [6, 6.07) is 28.9. The number of aromatic nitrogens is 1. The van der Waals surface area contributed by atoms with Gasteiger partial charge in [-0.2, -0.15) is 5.26 Å². The number of hydrogen-bond acceptors (Lipinski definition) is 3. The second kappa shape index (κ2) is 7.38. The molecule has 0 spiro atoms. The average molecular weight is 390 g/mol. The number of ether oxygens (including phenoxy) is 1. The van der Waals surface area contributed by atoms with E-state index in [2.05, 4.69) is 11.1 Å². The third-order valence-electron chi connectivity index (χ3n) is 5.53. The van der Waals surface area contributed by atoms with Gasteiger partial charge in [-0.3, -0.25) is 4.79 Å². The summed E-state index contributed by atoms with van der Waals surface area (Å²) in [6.07, 6.45) is 1.04. The SMILES string of the molecule is N#CC1=C(c2c[nH]c3ccccc23)O[C@@H](C(=O)c2ccccc2)[C@@H]1c1ccccc1. The van der Waals surface area contributed by atoms with E-state index in [0.717, 1.165) is 22.0 Å². The van der Waals surface area contributed by atoms with Crippen LogP contribution >= 0.6 is 0 Å². The van der Waals surface area contributed by atoms with Gasteiger partial charge in [-0.25, -0.2) is 0 Å². The van der Waals surface area contributed by atoms with Crippen LogP contribution in [0.25, 0.3) is 16.7 Å². The number of hydrogen-bond donors (Lipinski definition) is 1. The van der Waals surface area contributed by atoms with Crippen molar-refractivity contribution in [3.63, 3.8) is 0 Å². The third-order valence-corrected chi connectivity index (χ3v) is 5.53. The number of benzene rings is 3. The lowest BCUT2D eigenvalue weighted by atomic mass is 9.84. The van der Waals surface area contributed by atoms with Gasteiger partial charge in [-0.1, -0.05) is 78.9 Å². The molecule has 1 aliphatic rings. The maximum Gasteiger partial charge on any atom is 0.204 e. The van der Waals surface area contributed by atoms with Crippen LogP contribution in [0.5, 0.6) is 0 Å². The van der Waals surface area contributed by atoms with Crippen molar-refractivity contribution in [1.82, 2.24) is 4.98 Å². The molecule has 30 heavy (non-hydrogen) atoms. The number of nitriles is 1. The number of carbonyl (C=O) groups is 1. The maximum atomic E-state index is 13.4. The lowest BCUT2D eigenvalue weighted by molar-refractivity contribution is 0.0754. The Kier molecular flexibility index (Phi) is 4.42. The Labute approximate surface area is 174 Å². The molecule has 1 aromatic heterocycles. The van der Waals surface area contributed by atoms with E-state index in [1.165, 1.54) is 0 Å². The van der Waals surface area contributed by atoms with Gasteiger partial charge in [0.25, 0.3) is 0 Å². The van der Waals surface area contributed by atoms with Crippen molar-refractivity contribution in [2.24, 2.45) is 0 Å². The summed E-state index contributed by atoms with van der Waals surface area (Å²) in [4.78, 5) is 16.6. The average Bonchev–Trinajstić information content (AvgIpc) is 3.41. The smallest absolute Gasteiger partial charge is 0.204 e. The number of Topliss-reactive ketones (excluding diaryl/α,β-unsaturated/α-hetero) is 1. The Morgan fingerprint density at radius 1 is 0.900 bits per heavy atom. The zero-order chi connectivity index (χ0) is 20.5. The summed E-state index contributed by atoms with van der Waals surface area (Å²) in [5.74, 6) is -0.127. The topological polar surface area (TPSA) is 65.9 Å². The summed E-state index contributed by atoms with van der Waals surface area (Å²) in [7, 11) is 0. The van der Waals surface area contributed by atoms with Crippen LogP contribution in [0.1, 0.15) is 27.4 Å². The number of nitrogens with zero attached hydrogens (tertiary/aromatic N) is 1. The Hall–Kier alpha value is -4.10. The van der Waals surface area contributed by atoms with Crippen LogP contribution in [0.15, 0.2) is 96.7 Å². The van der Waals surface area contributed by atoms with Gasteiger partial charge < -0.3 is 9.72 Å². The van der Waals surface area contributed by atoms with E-state index in [1.807, 2.05) is 79.0 Å². The second-order valence-electron chi connectivity index (χ2n) is 7.26. The summed E-state index contributed by atoms with van der Waals surface area (Å²) in [6.45, 7) is 0. The van der Waals surface area contributed by atoms with Gasteiger partial charge in [0.1, 0.15) is 5.76 Å². The standard InChI is InChI=1S/C26H18N2O2/c27-15-20-23(17-9-3-1-4-10-17)26(24(29)18-11-5-2-6-12-18)30-25(20)21-16-28-22-14-8-7-13-19(21)22/h1-14,16,23,26,28H/t23-,26-/m1/s1. The van der Waals surface area contributed by atoms with E-state index in [-0.39, 0.29) is 5.78 Å². The maximum absolute atomic E-state index is 13.4. The number of carbonyl (C=O) groups excluding carboxylic acids is 1. The first kappa shape index (κ1) is 18.0. The van der Waals surface area contributed by atoms with Crippen molar-refractivity contribution >= 4 is 22.4 Å². The highest BCUT2D eigenvalue weighted by atomic mass is 16.5. The molecule has 3 aromatic carbocycles. The first-order chi connectivity index (χ1) is 14.8. The van der Waals surface area contributed by atoms with Crippen molar-refractivity contribution in [2.75, 3.05) is 0 Å². The van der Waals surface area contributed by atoms with Crippen molar-refractivity contribution in [2.45, 2.75) is 12.0 Å². The molecule has 2 atom stereocenters. The molecule has 0 saturated heterocycles. The van der Waals surface area contributed by atoms with Gasteiger partial charge in [0.05, 0.1) is 17.6 Å². The molecule has 0 bridgehead atoms. The minimum Gasteiger partial charge on any atom is -0.479 e. The largest absolute Gasteiger partial charge is 0.479 e. The molecule has 0 radical (unpaired) electrons. The fraction of sp³-hybridized carbons (Fsp3) is 0.0769. The molecule has 5 rings (SSSR count). The number of fused-ring (bicyclic) bond motifs is 1. The van der Waals surface area contributed by atoms with Crippen LogP contribution in [0.4, 0.5) is 0 Å². The molecule has 4 heteroatoms. The molecular formula is C26H18N2O2. The van der Waals surface area contributed by atoms with Crippen molar-refractivity contribution in [1.29, 1.82) is 5.26 Å². The molecule has 1 aliphatic heterocycles. The highest BCUT2D eigenvalue weighted by Gasteiger charge is 2.43. The number of ketones is 1. The fourth-order valence-corrected chi connectivity index (χ4v) is 4.11. The molecule has 4 nitrogen and oxygen atoms in total. The number of aromatic amines is 1. The number of rotatable bonds is 4. The monoisotopic (exact) mass is 390 g/mol. The summed E-state index contributed by atoms with van der Waals surface area (Å²) >= 11 is 0. The zero-order valence-electron chi connectivity index (χ0n) is 16.1. The first-order valence-corrected chi connectivity index (χ1v) is 9.79. The molecule has 0 unspecified atom stereocenters. The highest BCUT2D eigenvalue weighted by molar-refractivity contribution is 6.03. The van der Waals surface area contributed by atoms with Crippen molar-refractivity contribution < 1.29 is 9.53 Å².